The minimum atomic E-state index is -0.403. The zero-order chi connectivity index (χ0) is 19.7. The highest BCUT2D eigenvalue weighted by atomic mass is 35.5. The monoisotopic (exact) mass is 413 g/mol. The molecule has 1 aliphatic rings. The number of carbonyl (C=O) groups excluding carboxylic acids is 1. The van der Waals surface area contributed by atoms with Gasteiger partial charge in [-0.2, -0.15) is 0 Å². The van der Waals surface area contributed by atoms with Crippen molar-refractivity contribution in [2.24, 2.45) is 0 Å². The van der Waals surface area contributed by atoms with Gasteiger partial charge in [-0.1, -0.05) is 60.1 Å². The van der Waals surface area contributed by atoms with Gasteiger partial charge in [-0.3, -0.25) is 4.79 Å². The van der Waals surface area contributed by atoms with E-state index in [2.05, 4.69) is 45.2 Å². The maximum Gasteiger partial charge on any atom is 0.240 e. The van der Waals surface area contributed by atoms with Gasteiger partial charge in [-0.15, -0.1) is 10.2 Å². The Morgan fingerprint density at radius 3 is 2.57 bits per heavy atom. The Labute approximate surface area is 172 Å². The van der Waals surface area contributed by atoms with Crippen molar-refractivity contribution in [3.05, 3.63) is 70.5 Å². The first-order valence-electron chi connectivity index (χ1n) is 9.05. The lowest BCUT2D eigenvalue weighted by Gasteiger charge is -2.33. The van der Waals surface area contributed by atoms with Gasteiger partial charge in [0.05, 0.1) is 6.04 Å². The van der Waals surface area contributed by atoms with Crippen molar-refractivity contribution < 1.29 is 4.79 Å². The Morgan fingerprint density at radius 1 is 1.18 bits per heavy atom. The molecule has 8 heteroatoms. The second kappa shape index (κ2) is 7.85. The van der Waals surface area contributed by atoms with Crippen LogP contribution in [-0.4, -0.2) is 26.0 Å². The average Bonchev–Trinajstić information content (AvgIpc) is 3.11. The molecule has 0 bridgehead atoms. The van der Waals surface area contributed by atoms with Crippen LogP contribution in [0.1, 0.15) is 29.9 Å². The van der Waals surface area contributed by atoms with Gasteiger partial charge in [0, 0.05) is 17.1 Å². The third-order valence-corrected chi connectivity index (χ3v) is 6.09. The molecule has 4 rings (SSSR count). The molecule has 2 aromatic carbocycles. The number of hydrogen-bond donors (Lipinski definition) is 2. The maximum atomic E-state index is 13.1. The number of fused-ring (bicyclic) bond motifs is 1. The molecule has 2 atom stereocenters. The van der Waals surface area contributed by atoms with Crippen LogP contribution in [0.2, 0.25) is 5.02 Å². The number of rotatable bonds is 4. The van der Waals surface area contributed by atoms with Crippen LogP contribution < -0.4 is 10.7 Å². The van der Waals surface area contributed by atoms with Gasteiger partial charge in [-0.05, 0) is 36.8 Å². The summed E-state index contributed by atoms with van der Waals surface area (Å²) in [6.45, 7) is 4.08. The first-order chi connectivity index (χ1) is 13.5. The molecule has 1 aliphatic heterocycles. The zero-order valence-electron chi connectivity index (χ0n) is 15.5. The number of halogens is 1. The van der Waals surface area contributed by atoms with E-state index in [1.54, 1.807) is 24.3 Å². The van der Waals surface area contributed by atoms with E-state index < -0.39 is 5.25 Å². The quantitative estimate of drug-likeness (QED) is 0.670. The second-order valence-corrected chi connectivity index (χ2v) is 8.18. The number of thioether (sulfide) groups is 1. The van der Waals surface area contributed by atoms with Gasteiger partial charge in [0.2, 0.25) is 11.1 Å². The van der Waals surface area contributed by atoms with Crippen LogP contribution in [0.4, 0.5) is 5.69 Å². The Hall–Kier alpha value is -2.51. The lowest BCUT2D eigenvalue weighted by Crippen LogP contribution is -2.41. The lowest BCUT2D eigenvalue weighted by atomic mass is 10.0. The van der Waals surface area contributed by atoms with Crippen LogP contribution in [0, 0.1) is 6.92 Å². The lowest BCUT2D eigenvalue weighted by molar-refractivity contribution is -0.116. The Bertz CT molecular complexity index is 987. The van der Waals surface area contributed by atoms with E-state index in [4.69, 9.17) is 11.6 Å². The van der Waals surface area contributed by atoms with E-state index in [0.29, 0.717) is 15.9 Å². The molecule has 28 heavy (non-hydrogen) atoms. The van der Waals surface area contributed by atoms with Crippen molar-refractivity contribution in [1.29, 1.82) is 0 Å². The largest absolute Gasteiger partial charge is 0.325 e. The van der Waals surface area contributed by atoms with Crippen LogP contribution in [0.5, 0.6) is 0 Å². The van der Waals surface area contributed by atoms with Crippen molar-refractivity contribution in [3.8, 4) is 0 Å². The van der Waals surface area contributed by atoms with Crippen molar-refractivity contribution in [1.82, 2.24) is 14.9 Å². The number of nitrogens with one attached hydrogen (secondary N) is 2. The molecule has 2 heterocycles. The van der Waals surface area contributed by atoms with E-state index in [9.17, 15) is 4.79 Å². The Kier molecular flexibility index (Phi) is 5.28. The molecule has 1 amide bonds. The minimum absolute atomic E-state index is 0.0994. The molecule has 3 aromatic rings. The highest BCUT2D eigenvalue weighted by Crippen LogP contribution is 2.37. The molecule has 0 saturated carbocycles. The third kappa shape index (κ3) is 3.72. The van der Waals surface area contributed by atoms with Crippen molar-refractivity contribution >= 4 is 35.0 Å². The molecule has 2 unspecified atom stereocenters. The number of hydrogen-bond acceptors (Lipinski definition) is 5. The van der Waals surface area contributed by atoms with Crippen LogP contribution in [-0.2, 0) is 11.2 Å². The maximum absolute atomic E-state index is 13.1. The van der Waals surface area contributed by atoms with Crippen LogP contribution >= 0.6 is 23.4 Å². The molecular weight excluding hydrogens is 394 g/mol. The summed E-state index contributed by atoms with van der Waals surface area (Å²) in [7, 11) is 0. The average molecular weight is 414 g/mol. The molecular formula is C20H20ClN5OS. The van der Waals surface area contributed by atoms with Gasteiger partial charge in [0.25, 0.3) is 0 Å². The van der Waals surface area contributed by atoms with E-state index in [0.717, 1.165) is 17.8 Å². The van der Waals surface area contributed by atoms with E-state index in [-0.39, 0.29) is 11.9 Å². The Balaban J connectivity index is 1.66. The predicted molar refractivity (Wildman–Crippen MR) is 112 cm³/mol. The summed E-state index contributed by atoms with van der Waals surface area (Å²) in [6, 6.07) is 15.1. The fourth-order valence-electron chi connectivity index (χ4n) is 3.10. The fourth-order valence-corrected chi connectivity index (χ4v) is 4.32. The number of carbonyl (C=O) groups is 1. The van der Waals surface area contributed by atoms with Crippen LogP contribution in [0.25, 0.3) is 0 Å². The zero-order valence-corrected chi connectivity index (χ0v) is 17.1. The van der Waals surface area contributed by atoms with Gasteiger partial charge >= 0.3 is 0 Å². The molecule has 144 valence electrons. The van der Waals surface area contributed by atoms with Gasteiger partial charge in [0.15, 0.2) is 5.82 Å². The SMILES string of the molecule is CCc1nnc2n1NC(c1ccc(C)cc1)C(C(=O)Nc1ccc(Cl)cc1)S2. The van der Waals surface area contributed by atoms with Crippen molar-refractivity contribution in [2.45, 2.75) is 36.7 Å². The molecule has 2 N–H and O–H groups in total. The molecule has 0 radical (unpaired) electrons. The fraction of sp³-hybridized carbons (Fsp3) is 0.250. The molecule has 0 spiro atoms. The van der Waals surface area contributed by atoms with Gasteiger partial charge in [-0.25, -0.2) is 4.68 Å². The predicted octanol–water partition coefficient (Wildman–Crippen LogP) is 4.20. The first kappa shape index (κ1) is 18.8. The summed E-state index contributed by atoms with van der Waals surface area (Å²) in [5, 5.41) is 12.4. The number of anilines is 1. The summed E-state index contributed by atoms with van der Waals surface area (Å²) in [5.74, 6) is 0.744. The molecule has 1 aromatic heterocycles. The highest BCUT2D eigenvalue weighted by molar-refractivity contribution is 8.00. The van der Waals surface area contributed by atoms with Crippen LogP contribution in [0.15, 0.2) is 53.7 Å². The summed E-state index contributed by atoms with van der Waals surface area (Å²) >= 11 is 7.36. The van der Waals surface area contributed by atoms with Gasteiger partial charge in [0.1, 0.15) is 5.25 Å². The molecule has 0 fully saturated rings. The summed E-state index contributed by atoms with van der Waals surface area (Å²) in [6.07, 6.45) is 0.753. The molecule has 6 nitrogen and oxygen atoms in total. The second-order valence-electron chi connectivity index (χ2n) is 6.64. The van der Waals surface area contributed by atoms with Gasteiger partial charge < -0.3 is 10.7 Å². The summed E-state index contributed by atoms with van der Waals surface area (Å²) < 4.78 is 1.89. The summed E-state index contributed by atoms with van der Waals surface area (Å²) in [5.41, 5.74) is 6.37. The standard InChI is InChI=1S/C20H20ClN5OS/c1-3-16-23-24-20-26(16)25-17(13-6-4-12(2)5-7-13)18(28-20)19(27)22-15-10-8-14(21)9-11-15/h4-11,17-18,25H,3H2,1-2H3,(H,22,27). The smallest absolute Gasteiger partial charge is 0.240 e. The number of amides is 1. The normalized spacial score (nSPS) is 18.2. The van der Waals surface area contributed by atoms with Crippen molar-refractivity contribution in [3.63, 3.8) is 0 Å². The molecule has 0 aliphatic carbocycles. The minimum Gasteiger partial charge on any atom is -0.325 e. The summed E-state index contributed by atoms with van der Waals surface area (Å²) in [4.78, 5) is 13.1. The number of aryl methyl sites for hydroxylation is 2. The number of benzene rings is 2. The number of nitrogens with zero attached hydrogens (tertiary/aromatic N) is 3. The van der Waals surface area contributed by atoms with Crippen LogP contribution in [0.3, 0.4) is 0 Å². The van der Waals surface area contributed by atoms with E-state index in [1.807, 2.05) is 18.5 Å². The Morgan fingerprint density at radius 2 is 1.89 bits per heavy atom. The third-order valence-electron chi connectivity index (χ3n) is 4.63. The van der Waals surface area contributed by atoms with E-state index >= 15 is 0 Å². The first-order valence-corrected chi connectivity index (χ1v) is 10.3. The topological polar surface area (TPSA) is 71.8 Å². The van der Waals surface area contributed by atoms with E-state index in [1.165, 1.54) is 17.3 Å². The molecule has 0 saturated heterocycles. The highest BCUT2D eigenvalue weighted by Gasteiger charge is 2.37. The van der Waals surface area contributed by atoms with Crippen molar-refractivity contribution in [2.75, 3.05) is 10.7 Å². The number of aromatic nitrogens is 3.